The number of benzene rings is 2. The van der Waals surface area contributed by atoms with Gasteiger partial charge >= 0.3 is 5.97 Å². The molecule has 1 aliphatic heterocycles. The van der Waals surface area contributed by atoms with Crippen LogP contribution in [0.15, 0.2) is 71.3 Å². The van der Waals surface area contributed by atoms with Crippen molar-refractivity contribution in [2.24, 2.45) is 23.7 Å². The highest BCUT2D eigenvalue weighted by Gasteiger charge is 2.62. The standard InChI is InChI=1S/C29H23ClN2O7/c30-21-5-2-1-4-20(21)26(34)31(32-27(35)24-17-7-8-18(14-17)25(24)28(32)36)15-22(33)16-9-11-19(12-10-16)39-29(37)23-6-3-13-38-23/h1-6,9-13,17-18,24-25H,7-8,14-15H2/t17-,18-,24-,25-/m0/s1. The lowest BCUT2D eigenvalue weighted by Crippen LogP contribution is -2.52. The number of carbonyl (C=O) groups is 5. The molecule has 3 aliphatic rings. The third kappa shape index (κ3) is 4.32. The molecule has 10 heteroatoms. The van der Waals surface area contributed by atoms with Crippen molar-refractivity contribution >= 4 is 41.1 Å². The topological polar surface area (TPSA) is 114 Å². The molecule has 0 unspecified atom stereocenters. The molecule has 3 fully saturated rings. The minimum absolute atomic E-state index is 0.0297. The summed E-state index contributed by atoms with van der Waals surface area (Å²) in [5.41, 5.74) is 0.275. The fourth-order valence-corrected chi connectivity index (χ4v) is 6.34. The molecular formula is C29H23ClN2O7. The number of ether oxygens (including phenoxy) is 1. The second kappa shape index (κ2) is 9.81. The third-order valence-electron chi connectivity index (χ3n) is 7.89. The van der Waals surface area contributed by atoms with Crippen molar-refractivity contribution in [1.82, 2.24) is 10.0 Å². The van der Waals surface area contributed by atoms with E-state index in [9.17, 15) is 24.0 Å². The summed E-state index contributed by atoms with van der Waals surface area (Å²) in [7, 11) is 0. The number of hydrazine groups is 1. The molecule has 0 radical (unpaired) electrons. The smallest absolute Gasteiger partial charge is 0.379 e. The maximum absolute atomic E-state index is 13.7. The van der Waals surface area contributed by atoms with E-state index in [1.54, 1.807) is 18.2 Å². The molecule has 2 aromatic carbocycles. The van der Waals surface area contributed by atoms with Crippen LogP contribution in [0.5, 0.6) is 5.75 Å². The molecule has 39 heavy (non-hydrogen) atoms. The van der Waals surface area contributed by atoms with Gasteiger partial charge in [-0.1, -0.05) is 23.7 Å². The number of furan rings is 1. The highest BCUT2D eigenvalue weighted by molar-refractivity contribution is 6.34. The van der Waals surface area contributed by atoms with Crippen LogP contribution in [0.2, 0.25) is 5.02 Å². The van der Waals surface area contributed by atoms with Crippen molar-refractivity contribution in [3.05, 3.63) is 88.8 Å². The number of Topliss-reactive ketones (excluding diaryl/α,β-unsaturated/α-hetero) is 1. The molecular weight excluding hydrogens is 524 g/mol. The molecule has 2 heterocycles. The summed E-state index contributed by atoms with van der Waals surface area (Å²) in [4.78, 5) is 66.2. The molecule has 2 aliphatic carbocycles. The summed E-state index contributed by atoms with van der Waals surface area (Å²) < 4.78 is 10.3. The minimum Gasteiger partial charge on any atom is -0.457 e. The number of carbonyl (C=O) groups excluding carboxylic acids is 5. The quantitative estimate of drug-likeness (QED) is 0.186. The zero-order chi connectivity index (χ0) is 27.3. The Hall–Kier alpha value is -4.24. The third-order valence-corrected chi connectivity index (χ3v) is 8.22. The zero-order valence-corrected chi connectivity index (χ0v) is 21.4. The number of nitrogens with zero attached hydrogens (tertiary/aromatic N) is 2. The lowest BCUT2D eigenvalue weighted by Gasteiger charge is -2.31. The van der Waals surface area contributed by atoms with Crippen molar-refractivity contribution in [2.75, 3.05) is 6.54 Å². The van der Waals surface area contributed by atoms with Crippen molar-refractivity contribution in [3.63, 3.8) is 0 Å². The Kier molecular flexibility index (Phi) is 6.31. The number of ketones is 1. The zero-order valence-electron chi connectivity index (χ0n) is 20.6. The van der Waals surface area contributed by atoms with E-state index in [1.807, 2.05) is 0 Å². The van der Waals surface area contributed by atoms with E-state index in [0.717, 1.165) is 29.3 Å². The Morgan fingerprint density at radius 2 is 1.59 bits per heavy atom. The van der Waals surface area contributed by atoms with Gasteiger partial charge in [-0.15, -0.1) is 0 Å². The highest BCUT2D eigenvalue weighted by Crippen LogP contribution is 2.56. The van der Waals surface area contributed by atoms with Crippen molar-refractivity contribution in [2.45, 2.75) is 19.3 Å². The van der Waals surface area contributed by atoms with Gasteiger partial charge in [-0.25, -0.2) is 9.80 Å². The van der Waals surface area contributed by atoms with E-state index in [-0.39, 0.29) is 39.5 Å². The lowest BCUT2D eigenvalue weighted by molar-refractivity contribution is -0.155. The van der Waals surface area contributed by atoms with E-state index in [1.165, 1.54) is 48.7 Å². The Labute approximate surface area is 228 Å². The van der Waals surface area contributed by atoms with Gasteiger partial charge in [0.1, 0.15) is 12.3 Å². The molecule has 0 N–H and O–H groups in total. The Balaban J connectivity index is 1.26. The maximum Gasteiger partial charge on any atom is 0.379 e. The summed E-state index contributed by atoms with van der Waals surface area (Å²) in [6.07, 6.45) is 3.95. The molecule has 198 valence electrons. The van der Waals surface area contributed by atoms with Crippen LogP contribution in [0, 0.1) is 23.7 Å². The van der Waals surface area contributed by atoms with Gasteiger partial charge in [-0.3, -0.25) is 19.2 Å². The SMILES string of the molecule is O=C(CN(C(=O)c1ccccc1Cl)N1C(=O)[C@H]2[C@H]3CC[C@@H](C3)[C@@H]2C1=O)c1ccc(OC(=O)c2ccco2)cc1. The number of esters is 1. The first-order valence-corrected chi connectivity index (χ1v) is 13.0. The molecule has 4 atom stereocenters. The fraction of sp³-hybridized carbons (Fsp3) is 0.276. The Morgan fingerprint density at radius 3 is 2.21 bits per heavy atom. The molecule has 2 bridgehead atoms. The first-order valence-electron chi connectivity index (χ1n) is 12.7. The van der Waals surface area contributed by atoms with Gasteiger partial charge in [-0.2, -0.15) is 5.01 Å². The van der Waals surface area contributed by atoms with Crippen LogP contribution >= 0.6 is 11.6 Å². The predicted molar refractivity (Wildman–Crippen MR) is 137 cm³/mol. The van der Waals surface area contributed by atoms with E-state index in [2.05, 4.69) is 0 Å². The molecule has 2 saturated carbocycles. The summed E-state index contributed by atoms with van der Waals surface area (Å²) in [5.74, 6) is -3.28. The van der Waals surface area contributed by atoms with E-state index in [4.69, 9.17) is 20.8 Å². The average molecular weight is 547 g/mol. The van der Waals surface area contributed by atoms with Gasteiger partial charge in [0.05, 0.1) is 28.7 Å². The molecule has 1 saturated heterocycles. The largest absolute Gasteiger partial charge is 0.457 e. The van der Waals surface area contributed by atoms with E-state index < -0.39 is 47.9 Å². The van der Waals surface area contributed by atoms with Crippen molar-refractivity contribution in [1.29, 1.82) is 0 Å². The molecule has 6 rings (SSSR count). The van der Waals surface area contributed by atoms with Crippen molar-refractivity contribution in [3.8, 4) is 5.75 Å². The number of fused-ring (bicyclic) bond motifs is 5. The predicted octanol–water partition coefficient (Wildman–Crippen LogP) is 4.42. The van der Waals surface area contributed by atoms with Gasteiger partial charge in [0, 0.05) is 5.56 Å². The minimum atomic E-state index is -0.716. The van der Waals surface area contributed by atoms with Gasteiger partial charge < -0.3 is 9.15 Å². The molecule has 1 aromatic heterocycles. The summed E-state index contributed by atoms with van der Waals surface area (Å²) in [6, 6.07) is 15.0. The first-order chi connectivity index (χ1) is 18.8. The van der Waals surface area contributed by atoms with E-state index in [0.29, 0.717) is 0 Å². The molecule has 9 nitrogen and oxygen atoms in total. The van der Waals surface area contributed by atoms with Gasteiger partial charge in [0.2, 0.25) is 5.76 Å². The average Bonchev–Trinajstić information content (AvgIpc) is 3.74. The number of hydrogen-bond acceptors (Lipinski definition) is 7. The van der Waals surface area contributed by atoms with Crippen LogP contribution in [0.25, 0.3) is 0 Å². The highest BCUT2D eigenvalue weighted by atomic mass is 35.5. The number of hydrogen-bond donors (Lipinski definition) is 0. The van der Waals surface area contributed by atoms with Crippen LogP contribution in [0.1, 0.15) is 50.5 Å². The number of halogens is 1. The molecule has 3 aromatic rings. The van der Waals surface area contributed by atoms with Crippen LogP contribution in [-0.2, 0) is 9.59 Å². The summed E-state index contributed by atoms with van der Waals surface area (Å²) >= 11 is 6.28. The van der Waals surface area contributed by atoms with Crippen LogP contribution in [-0.4, -0.2) is 46.0 Å². The number of rotatable bonds is 7. The second-order valence-corrected chi connectivity index (χ2v) is 10.4. The summed E-state index contributed by atoms with van der Waals surface area (Å²) in [5, 5.41) is 1.95. The van der Waals surface area contributed by atoms with Gasteiger partial charge in [-0.05, 0) is 79.6 Å². The fourth-order valence-electron chi connectivity index (χ4n) is 6.13. The van der Waals surface area contributed by atoms with Crippen LogP contribution < -0.4 is 4.74 Å². The normalized spacial score (nSPS) is 23.2. The second-order valence-electron chi connectivity index (χ2n) is 10.0. The number of amides is 3. The van der Waals surface area contributed by atoms with Crippen LogP contribution in [0.3, 0.4) is 0 Å². The lowest BCUT2D eigenvalue weighted by atomic mass is 9.81. The summed E-state index contributed by atoms with van der Waals surface area (Å²) in [6.45, 7) is -0.554. The molecule has 3 amide bonds. The molecule has 0 spiro atoms. The van der Waals surface area contributed by atoms with Crippen LogP contribution in [0.4, 0.5) is 0 Å². The Morgan fingerprint density at radius 1 is 0.923 bits per heavy atom. The Bertz CT molecular complexity index is 1460. The monoisotopic (exact) mass is 546 g/mol. The maximum atomic E-state index is 13.7. The van der Waals surface area contributed by atoms with E-state index >= 15 is 0 Å². The van der Waals surface area contributed by atoms with Gasteiger partial charge in [0.25, 0.3) is 17.7 Å². The van der Waals surface area contributed by atoms with Crippen molar-refractivity contribution < 1.29 is 33.1 Å². The van der Waals surface area contributed by atoms with Gasteiger partial charge in [0.15, 0.2) is 5.78 Å². The first kappa shape index (κ1) is 25.1. The number of imide groups is 1.